The van der Waals surface area contributed by atoms with E-state index in [1.807, 2.05) is 39.8 Å². The molecule has 0 aliphatic carbocycles. The molecule has 0 aliphatic rings. The zero-order valence-electron chi connectivity index (χ0n) is 10.8. The molecule has 0 spiro atoms. The van der Waals surface area contributed by atoms with E-state index in [1.165, 1.54) is 0 Å². The fraction of sp³-hybridized carbons (Fsp3) is 0.500. The lowest BCUT2D eigenvalue weighted by molar-refractivity contribution is 0.0988. The van der Waals surface area contributed by atoms with Gasteiger partial charge in [0.05, 0.1) is 6.10 Å². The number of halogens is 1. The number of ketones is 1. The Morgan fingerprint density at radius 1 is 1.29 bits per heavy atom. The topological polar surface area (TPSA) is 26.3 Å². The van der Waals surface area contributed by atoms with Gasteiger partial charge in [0.2, 0.25) is 0 Å². The molecule has 1 rings (SSSR count). The summed E-state index contributed by atoms with van der Waals surface area (Å²) in [7, 11) is 0. The van der Waals surface area contributed by atoms with Crippen LogP contribution in [0.2, 0.25) is 0 Å². The molecule has 0 saturated heterocycles. The Labute approximate surface area is 108 Å². The summed E-state index contributed by atoms with van der Waals surface area (Å²) in [6, 6.07) is 3.82. The van der Waals surface area contributed by atoms with Crippen molar-refractivity contribution >= 4 is 17.4 Å². The number of carbonyl (C=O) groups is 1. The van der Waals surface area contributed by atoms with Crippen LogP contribution in [0.5, 0.6) is 5.75 Å². The Morgan fingerprint density at radius 3 is 2.47 bits per heavy atom. The van der Waals surface area contributed by atoms with Gasteiger partial charge < -0.3 is 4.74 Å². The number of hydrogen-bond donors (Lipinski definition) is 0. The second kappa shape index (κ2) is 6.06. The van der Waals surface area contributed by atoms with Gasteiger partial charge >= 0.3 is 0 Å². The van der Waals surface area contributed by atoms with Crippen LogP contribution >= 0.6 is 11.6 Å². The fourth-order valence-electron chi connectivity index (χ4n) is 1.69. The molecule has 0 unspecified atom stereocenters. The summed E-state index contributed by atoms with van der Waals surface area (Å²) in [4.78, 5) is 11.8. The lowest BCUT2D eigenvalue weighted by Gasteiger charge is -2.15. The Morgan fingerprint density at radius 2 is 1.94 bits per heavy atom. The number of benzene rings is 1. The van der Waals surface area contributed by atoms with Crippen LogP contribution in [0.25, 0.3) is 0 Å². The third-order valence-corrected chi connectivity index (χ3v) is 2.70. The first-order valence-electron chi connectivity index (χ1n) is 5.82. The van der Waals surface area contributed by atoms with Crippen molar-refractivity contribution in [2.75, 3.05) is 5.88 Å². The molecule has 0 saturated carbocycles. The normalized spacial score (nSPS) is 10.7. The van der Waals surface area contributed by atoms with Gasteiger partial charge in [0, 0.05) is 17.9 Å². The van der Waals surface area contributed by atoms with Crippen LogP contribution in [0.3, 0.4) is 0 Å². The van der Waals surface area contributed by atoms with Gasteiger partial charge in [0.15, 0.2) is 5.78 Å². The standard InChI is InChI=1S/C14H19ClO2/c1-9(2)17-14-8-10(3)12(7-11(14)4)13(16)5-6-15/h7-9H,5-6H2,1-4H3. The monoisotopic (exact) mass is 254 g/mol. The molecule has 0 radical (unpaired) electrons. The molecule has 17 heavy (non-hydrogen) atoms. The second-order valence-corrected chi connectivity index (χ2v) is 4.84. The molecule has 0 heterocycles. The lowest BCUT2D eigenvalue weighted by atomic mass is 10.00. The van der Waals surface area contributed by atoms with Crippen molar-refractivity contribution < 1.29 is 9.53 Å². The van der Waals surface area contributed by atoms with Gasteiger partial charge in [0.1, 0.15) is 5.75 Å². The minimum absolute atomic E-state index is 0.0942. The summed E-state index contributed by atoms with van der Waals surface area (Å²) in [6.45, 7) is 7.85. The first-order valence-corrected chi connectivity index (χ1v) is 6.36. The number of ether oxygens (including phenoxy) is 1. The summed E-state index contributed by atoms with van der Waals surface area (Å²) in [5.41, 5.74) is 2.68. The number of alkyl halides is 1. The second-order valence-electron chi connectivity index (χ2n) is 4.46. The summed E-state index contributed by atoms with van der Waals surface area (Å²) in [5.74, 6) is 1.30. The molecule has 0 amide bonds. The van der Waals surface area contributed by atoms with E-state index in [-0.39, 0.29) is 11.9 Å². The zero-order valence-corrected chi connectivity index (χ0v) is 11.6. The Kier molecular flexibility index (Phi) is 5.01. The average Bonchev–Trinajstić information content (AvgIpc) is 2.22. The van der Waals surface area contributed by atoms with E-state index in [2.05, 4.69) is 0 Å². The van der Waals surface area contributed by atoms with Crippen molar-refractivity contribution in [3.05, 3.63) is 28.8 Å². The van der Waals surface area contributed by atoms with Crippen LogP contribution in [0, 0.1) is 13.8 Å². The molecular weight excluding hydrogens is 236 g/mol. The summed E-state index contributed by atoms with van der Waals surface area (Å²) in [5, 5.41) is 0. The van der Waals surface area contributed by atoms with Crippen LogP contribution in [-0.2, 0) is 0 Å². The Bertz CT molecular complexity index is 411. The van der Waals surface area contributed by atoms with Gasteiger partial charge in [-0.1, -0.05) is 0 Å². The van der Waals surface area contributed by atoms with Crippen LogP contribution in [-0.4, -0.2) is 17.8 Å². The van der Waals surface area contributed by atoms with Crippen molar-refractivity contribution in [2.45, 2.75) is 40.2 Å². The summed E-state index contributed by atoms with van der Waals surface area (Å²) < 4.78 is 5.68. The van der Waals surface area contributed by atoms with Gasteiger partial charge in [-0.2, -0.15) is 0 Å². The molecule has 0 atom stereocenters. The number of carbonyl (C=O) groups excluding carboxylic acids is 1. The highest BCUT2D eigenvalue weighted by molar-refractivity contribution is 6.19. The predicted molar refractivity (Wildman–Crippen MR) is 71.3 cm³/mol. The molecule has 94 valence electrons. The SMILES string of the molecule is Cc1cc(C(=O)CCCl)c(C)cc1OC(C)C. The largest absolute Gasteiger partial charge is 0.491 e. The molecule has 0 fully saturated rings. The molecular formula is C14H19ClO2. The number of hydrogen-bond acceptors (Lipinski definition) is 2. The minimum atomic E-state index is 0.0942. The maximum absolute atomic E-state index is 11.8. The fourth-order valence-corrected chi connectivity index (χ4v) is 1.86. The van der Waals surface area contributed by atoms with Crippen LogP contribution in [0.4, 0.5) is 0 Å². The van der Waals surface area contributed by atoms with Crippen molar-refractivity contribution in [2.24, 2.45) is 0 Å². The van der Waals surface area contributed by atoms with Crippen LogP contribution in [0.1, 0.15) is 41.8 Å². The van der Waals surface area contributed by atoms with E-state index in [0.29, 0.717) is 12.3 Å². The van der Waals surface area contributed by atoms with Gasteiger partial charge in [-0.15, -0.1) is 11.6 Å². The predicted octanol–water partition coefficient (Wildman–Crippen LogP) is 3.90. The Hall–Kier alpha value is -1.02. The molecule has 3 heteroatoms. The molecule has 0 aliphatic heterocycles. The molecule has 1 aromatic carbocycles. The quantitative estimate of drug-likeness (QED) is 0.588. The number of Topliss-reactive ketones (excluding diaryl/α,β-unsaturated/α-hetero) is 1. The highest BCUT2D eigenvalue weighted by atomic mass is 35.5. The number of aryl methyl sites for hydroxylation is 2. The van der Waals surface area contributed by atoms with E-state index >= 15 is 0 Å². The smallest absolute Gasteiger partial charge is 0.164 e. The van der Waals surface area contributed by atoms with E-state index in [9.17, 15) is 4.79 Å². The lowest BCUT2D eigenvalue weighted by Crippen LogP contribution is -2.09. The third-order valence-electron chi connectivity index (χ3n) is 2.51. The van der Waals surface area contributed by atoms with E-state index in [4.69, 9.17) is 16.3 Å². The van der Waals surface area contributed by atoms with Crippen LogP contribution in [0.15, 0.2) is 12.1 Å². The van der Waals surface area contributed by atoms with Gasteiger partial charge in [0.25, 0.3) is 0 Å². The highest BCUT2D eigenvalue weighted by Crippen LogP contribution is 2.24. The molecule has 1 aromatic rings. The first-order chi connectivity index (χ1) is 7.95. The highest BCUT2D eigenvalue weighted by Gasteiger charge is 2.12. The molecule has 0 N–H and O–H groups in total. The van der Waals surface area contributed by atoms with Crippen molar-refractivity contribution in [3.8, 4) is 5.75 Å². The maximum atomic E-state index is 11.8. The minimum Gasteiger partial charge on any atom is -0.491 e. The van der Waals surface area contributed by atoms with Crippen molar-refractivity contribution in [1.82, 2.24) is 0 Å². The van der Waals surface area contributed by atoms with Gasteiger partial charge in [-0.05, 0) is 51.0 Å². The van der Waals surface area contributed by atoms with Crippen LogP contribution < -0.4 is 4.74 Å². The van der Waals surface area contributed by atoms with Crippen molar-refractivity contribution in [3.63, 3.8) is 0 Å². The van der Waals surface area contributed by atoms with E-state index in [1.54, 1.807) is 0 Å². The third kappa shape index (κ3) is 3.74. The Balaban J connectivity index is 3.04. The van der Waals surface area contributed by atoms with Crippen molar-refractivity contribution in [1.29, 1.82) is 0 Å². The van der Waals surface area contributed by atoms with E-state index in [0.717, 1.165) is 22.4 Å². The molecule has 2 nitrogen and oxygen atoms in total. The summed E-state index contributed by atoms with van der Waals surface area (Å²) in [6.07, 6.45) is 0.518. The first kappa shape index (κ1) is 14.0. The summed E-state index contributed by atoms with van der Waals surface area (Å²) >= 11 is 5.59. The van der Waals surface area contributed by atoms with Gasteiger partial charge in [-0.25, -0.2) is 0 Å². The molecule has 0 bridgehead atoms. The molecule has 0 aromatic heterocycles. The maximum Gasteiger partial charge on any atom is 0.164 e. The van der Waals surface area contributed by atoms with E-state index < -0.39 is 0 Å². The average molecular weight is 255 g/mol. The zero-order chi connectivity index (χ0) is 13.0. The van der Waals surface area contributed by atoms with Gasteiger partial charge in [-0.3, -0.25) is 4.79 Å². The number of rotatable bonds is 5.